The van der Waals surface area contributed by atoms with Crippen LogP contribution in [0.25, 0.3) is 0 Å². The number of nitrogens with zero attached hydrogens (tertiary/aromatic N) is 1. The molecule has 1 heterocycles. The van der Waals surface area contributed by atoms with E-state index in [9.17, 15) is 5.11 Å². The normalized spacial score (nSPS) is 22.8. The zero-order valence-electron chi connectivity index (χ0n) is 10.8. The second-order valence-electron chi connectivity index (χ2n) is 4.83. The average molecular weight is 248 g/mol. The molecule has 2 unspecified atom stereocenters. The first kappa shape index (κ1) is 13.1. The third-order valence-corrected chi connectivity index (χ3v) is 2.86. The number of ether oxygens (including phenoxy) is 1. The summed E-state index contributed by atoms with van der Waals surface area (Å²) in [4.78, 5) is 4.25. The van der Waals surface area contributed by atoms with Gasteiger partial charge < -0.3 is 15.2 Å². The van der Waals surface area contributed by atoms with Crippen molar-refractivity contribution < 1.29 is 9.84 Å². The summed E-state index contributed by atoms with van der Waals surface area (Å²) < 4.78 is 5.68. The Morgan fingerprint density at radius 2 is 2.33 bits per heavy atom. The molecule has 1 aliphatic heterocycles. The van der Waals surface area contributed by atoms with E-state index < -0.39 is 6.10 Å². The van der Waals surface area contributed by atoms with Crippen LogP contribution in [0.2, 0.25) is 0 Å². The zero-order chi connectivity index (χ0) is 13.0. The van der Waals surface area contributed by atoms with Crippen molar-refractivity contribution in [3.05, 3.63) is 36.3 Å². The van der Waals surface area contributed by atoms with Crippen LogP contribution in [0.15, 0.2) is 41.3 Å². The highest BCUT2D eigenvalue weighted by Crippen LogP contribution is 2.25. The maximum Gasteiger partial charge on any atom is 0.115 e. The van der Waals surface area contributed by atoms with Crippen LogP contribution < -0.4 is 5.32 Å². The standard InChI is InChI=1S/C14H20N2O2/c1-10(2)16-8-11(17)9-18-14-5-3-4-13-12(14)6-7-15-13/h3-7,10-12,16-17H,8-9H2,1-2H3. The fourth-order valence-corrected chi connectivity index (χ4v) is 1.89. The zero-order valence-corrected chi connectivity index (χ0v) is 10.8. The summed E-state index contributed by atoms with van der Waals surface area (Å²) in [5.41, 5.74) is 1.00. The second kappa shape index (κ2) is 5.98. The number of allylic oxidation sites excluding steroid dienone is 4. The Kier molecular flexibility index (Phi) is 4.33. The van der Waals surface area contributed by atoms with E-state index in [0.717, 1.165) is 11.5 Å². The highest BCUT2D eigenvalue weighted by atomic mass is 16.5. The average Bonchev–Trinajstić information content (AvgIpc) is 2.82. The molecule has 4 heteroatoms. The van der Waals surface area contributed by atoms with Crippen LogP contribution in [0, 0.1) is 5.92 Å². The Balaban J connectivity index is 1.80. The van der Waals surface area contributed by atoms with Crippen molar-refractivity contribution in [3.63, 3.8) is 0 Å². The van der Waals surface area contributed by atoms with E-state index in [1.54, 1.807) is 6.20 Å². The molecule has 2 aliphatic rings. The van der Waals surface area contributed by atoms with Crippen molar-refractivity contribution in [3.8, 4) is 0 Å². The van der Waals surface area contributed by atoms with Gasteiger partial charge in [-0.15, -0.1) is 0 Å². The Bertz CT molecular complexity index is 408. The highest BCUT2D eigenvalue weighted by molar-refractivity contribution is 6.02. The number of aliphatic hydroxyl groups is 1. The highest BCUT2D eigenvalue weighted by Gasteiger charge is 2.23. The molecule has 2 N–H and O–H groups in total. The largest absolute Gasteiger partial charge is 0.494 e. The van der Waals surface area contributed by atoms with Crippen molar-refractivity contribution in [2.75, 3.05) is 13.2 Å². The number of hydrogen-bond donors (Lipinski definition) is 2. The molecule has 0 saturated heterocycles. The first-order chi connectivity index (χ1) is 8.66. The monoisotopic (exact) mass is 248 g/mol. The minimum absolute atomic E-state index is 0.125. The van der Waals surface area contributed by atoms with Gasteiger partial charge in [0.1, 0.15) is 18.5 Å². The summed E-state index contributed by atoms with van der Waals surface area (Å²) in [5, 5.41) is 13.0. The third-order valence-electron chi connectivity index (χ3n) is 2.86. The van der Waals surface area contributed by atoms with Crippen molar-refractivity contribution in [2.45, 2.75) is 26.0 Å². The van der Waals surface area contributed by atoms with Gasteiger partial charge in [-0.2, -0.15) is 0 Å². The summed E-state index contributed by atoms with van der Waals surface area (Å²) in [7, 11) is 0. The summed E-state index contributed by atoms with van der Waals surface area (Å²) in [6.07, 6.45) is 9.14. The number of aliphatic imine (C=N–C) groups is 1. The Morgan fingerprint density at radius 1 is 1.50 bits per heavy atom. The first-order valence-corrected chi connectivity index (χ1v) is 6.33. The van der Waals surface area contributed by atoms with Gasteiger partial charge in [0.15, 0.2) is 0 Å². The minimum Gasteiger partial charge on any atom is -0.494 e. The molecule has 0 radical (unpaired) electrons. The lowest BCUT2D eigenvalue weighted by atomic mass is 9.98. The third kappa shape index (κ3) is 3.31. The molecule has 2 rings (SSSR count). The lowest BCUT2D eigenvalue weighted by molar-refractivity contribution is 0.0657. The lowest BCUT2D eigenvalue weighted by Gasteiger charge is -2.20. The topological polar surface area (TPSA) is 53.8 Å². The van der Waals surface area contributed by atoms with Crippen LogP contribution in [-0.2, 0) is 4.74 Å². The molecule has 0 fully saturated rings. The van der Waals surface area contributed by atoms with Crippen LogP contribution in [0.1, 0.15) is 13.8 Å². The number of aliphatic hydroxyl groups excluding tert-OH is 1. The predicted molar refractivity (Wildman–Crippen MR) is 72.4 cm³/mol. The van der Waals surface area contributed by atoms with Gasteiger partial charge in [0, 0.05) is 18.8 Å². The number of hydrogen-bond acceptors (Lipinski definition) is 4. The SMILES string of the molecule is CC(C)NCC(O)COC1=CC=CC2=NC=CC12. The van der Waals surface area contributed by atoms with E-state index in [-0.39, 0.29) is 5.92 Å². The van der Waals surface area contributed by atoms with Crippen LogP contribution in [0.3, 0.4) is 0 Å². The van der Waals surface area contributed by atoms with Gasteiger partial charge >= 0.3 is 0 Å². The van der Waals surface area contributed by atoms with Crippen LogP contribution >= 0.6 is 0 Å². The molecule has 1 aliphatic carbocycles. The smallest absolute Gasteiger partial charge is 0.115 e. The first-order valence-electron chi connectivity index (χ1n) is 6.33. The molecule has 0 aromatic rings. The van der Waals surface area contributed by atoms with Gasteiger partial charge in [-0.1, -0.05) is 19.9 Å². The van der Waals surface area contributed by atoms with E-state index in [0.29, 0.717) is 19.2 Å². The van der Waals surface area contributed by atoms with Gasteiger partial charge in [0.05, 0.1) is 11.6 Å². The van der Waals surface area contributed by atoms with Crippen LogP contribution in [0.4, 0.5) is 0 Å². The van der Waals surface area contributed by atoms with Crippen molar-refractivity contribution >= 4 is 5.71 Å². The fraction of sp³-hybridized carbons (Fsp3) is 0.500. The minimum atomic E-state index is -0.495. The van der Waals surface area contributed by atoms with Crippen LogP contribution in [-0.4, -0.2) is 36.1 Å². The Morgan fingerprint density at radius 3 is 3.11 bits per heavy atom. The molecule has 0 bridgehead atoms. The van der Waals surface area contributed by atoms with E-state index in [2.05, 4.69) is 10.3 Å². The molecular formula is C14H20N2O2. The van der Waals surface area contributed by atoms with Gasteiger partial charge in [0.2, 0.25) is 0 Å². The van der Waals surface area contributed by atoms with Crippen molar-refractivity contribution in [1.29, 1.82) is 0 Å². The second-order valence-corrected chi connectivity index (χ2v) is 4.83. The quantitative estimate of drug-likeness (QED) is 0.747. The summed E-state index contributed by atoms with van der Waals surface area (Å²) in [5.74, 6) is 0.980. The van der Waals surface area contributed by atoms with Gasteiger partial charge in [0.25, 0.3) is 0 Å². The van der Waals surface area contributed by atoms with Gasteiger partial charge in [-0.3, -0.25) is 4.99 Å². The number of fused-ring (bicyclic) bond motifs is 1. The summed E-state index contributed by atoms with van der Waals surface area (Å²) in [6, 6.07) is 0.369. The van der Waals surface area contributed by atoms with E-state index >= 15 is 0 Å². The van der Waals surface area contributed by atoms with E-state index in [4.69, 9.17) is 4.74 Å². The number of nitrogens with one attached hydrogen (secondary N) is 1. The van der Waals surface area contributed by atoms with Crippen LogP contribution in [0.5, 0.6) is 0 Å². The van der Waals surface area contributed by atoms with E-state index in [1.807, 2.05) is 38.2 Å². The van der Waals surface area contributed by atoms with Gasteiger partial charge in [-0.25, -0.2) is 0 Å². The molecule has 2 atom stereocenters. The molecular weight excluding hydrogens is 228 g/mol. The molecule has 0 saturated carbocycles. The van der Waals surface area contributed by atoms with Crippen molar-refractivity contribution in [2.24, 2.45) is 10.9 Å². The predicted octanol–water partition coefficient (Wildman–Crippen LogP) is 1.40. The molecule has 0 aromatic heterocycles. The Hall–Kier alpha value is -1.39. The van der Waals surface area contributed by atoms with Gasteiger partial charge in [-0.05, 0) is 18.2 Å². The molecule has 0 spiro atoms. The maximum atomic E-state index is 9.79. The molecule has 18 heavy (non-hydrogen) atoms. The van der Waals surface area contributed by atoms with E-state index in [1.165, 1.54) is 0 Å². The molecule has 4 nitrogen and oxygen atoms in total. The summed E-state index contributed by atoms with van der Waals surface area (Å²) >= 11 is 0. The maximum absolute atomic E-state index is 9.79. The molecule has 0 aromatic carbocycles. The molecule has 98 valence electrons. The summed E-state index contributed by atoms with van der Waals surface area (Å²) in [6.45, 7) is 4.95. The lowest BCUT2D eigenvalue weighted by Crippen LogP contribution is -2.34. The van der Waals surface area contributed by atoms with Crippen molar-refractivity contribution in [1.82, 2.24) is 5.32 Å². The Labute approximate surface area is 108 Å². The molecule has 0 amide bonds. The fourth-order valence-electron chi connectivity index (χ4n) is 1.89. The number of rotatable bonds is 6.